The van der Waals surface area contributed by atoms with Gasteiger partial charge in [0.2, 0.25) is 5.16 Å². The van der Waals surface area contributed by atoms with Crippen LogP contribution in [0.4, 0.5) is 11.4 Å². The van der Waals surface area contributed by atoms with Gasteiger partial charge in [-0.05, 0) is 37.9 Å². The van der Waals surface area contributed by atoms with E-state index in [0.717, 1.165) is 0 Å². The zero-order valence-corrected chi connectivity index (χ0v) is 19.6. The number of carboxylic acids is 1. The minimum absolute atomic E-state index is 0.0173. The van der Waals surface area contributed by atoms with Crippen molar-refractivity contribution in [1.29, 1.82) is 5.26 Å². The average Bonchev–Trinajstić information content (AvgIpc) is 2.77. The minimum atomic E-state index is -1.81. The summed E-state index contributed by atoms with van der Waals surface area (Å²) in [5.41, 5.74) is 5.29. The summed E-state index contributed by atoms with van der Waals surface area (Å²) in [4.78, 5) is 32.1. The molecule has 3 N–H and O–H groups in total. The van der Waals surface area contributed by atoms with Gasteiger partial charge < -0.3 is 25.2 Å². The van der Waals surface area contributed by atoms with Crippen LogP contribution in [0.25, 0.3) is 0 Å². The van der Waals surface area contributed by atoms with Crippen molar-refractivity contribution in [2.75, 3.05) is 31.8 Å². The van der Waals surface area contributed by atoms with Gasteiger partial charge in [-0.3, -0.25) is 14.3 Å². The summed E-state index contributed by atoms with van der Waals surface area (Å²) in [5, 5.41) is 30.3. The Morgan fingerprint density at radius 2 is 2.03 bits per heavy atom. The molecule has 0 aliphatic carbocycles. The molecule has 0 amide bonds. The highest BCUT2D eigenvalue weighted by atomic mass is 32.2. The minimum Gasteiger partial charge on any atom is -0.479 e. The van der Waals surface area contributed by atoms with Crippen LogP contribution in [0.3, 0.4) is 0 Å². The van der Waals surface area contributed by atoms with Gasteiger partial charge in [-0.25, -0.2) is 4.79 Å². The molecule has 14 heteroatoms. The lowest BCUT2D eigenvalue weighted by Gasteiger charge is -2.18. The molecule has 34 heavy (non-hydrogen) atoms. The number of benzene rings is 1. The smallest absolute Gasteiger partial charge is 0.392 e. The molecule has 0 saturated carbocycles. The van der Waals surface area contributed by atoms with Crippen molar-refractivity contribution in [3.05, 3.63) is 33.9 Å². The van der Waals surface area contributed by atoms with Crippen molar-refractivity contribution in [2.24, 2.45) is 5.73 Å². The first-order chi connectivity index (χ1) is 16.1. The summed E-state index contributed by atoms with van der Waals surface area (Å²) in [6.07, 6.45) is 0.718. The second-order valence-electron chi connectivity index (χ2n) is 7.20. The Hall–Kier alpha value is -3.83. The van der Waals surface area contributed by atoms with Crippen LogP contribution < -0.4 is 20.1 Å². The Morgan fingerprint density at radius 3 is 2.56 bits per heavy atom. The van der Waals surface area contributed by atoms with Gasteiger partial charge >= 0.3 is 23.4 Å². The van der Waals surface area contributed by atoms with E-state index in [2.05, 4.69) is 9.97 Å². The molecule has 1 heterocycles. The van der Waals surface area contributed by atoms with Gasteiger partial charge in [0.15, 0.2) is 11.9 Å². The van der Waals surface area contributed by atoms with Crippen molar-refractivity contribution < 1.29 is 28.5 Å². The SMILES string of the molecule is CN(C)c1ccc(C#N)cc1Oc1nc(S(C)=O)nc(OC(CCCCN)C(=O)O)c1[N+](=O)[O-]. The Morgan fingerprint density at radius 1 is 1.35 bits per heavy atom. The van der Waals surface area contributed by atoms with Crippen LogP contribution in [0.15, 0.2) is 23.4 Å². The maximum atomic E-state index is 12.1. The fourth-order valence-corrected chi connectivity index (χ4v) is 3.24. The van der Waals surface area contributed by atoms with Crippen LogP contribution in [-0.4, -0.2) is 63.2 Å². The van der Waals surface area contributed by atoms with E-state index in [0.29, 0.717) is 25.1 Å². The van der Waals surface area contributed by atoms with E-state index >= 15 is 0 Å². The normalized spacial score (nSPS) is 12.3. The number of nitro groups is 1. The molecule has 182 valence electrons. The molecule has 0 saturated heterocycles. The van der Waals surface area contributed by atoms with Crippen LogP contribution in [-0.2, 0) is 15.6 Å². The molecule has 1 aromatic heterocycles. The lowest BCUT2D eigenvalue weighted by Crippen LogP contribution is -2.28. The van der Waals surface area contributed by atoms with E-state index in [-0.39, 0.29) is 22.9 Å². The predicted octanol–water partition coefficient (Wildman–Crippen LogP) is 1.81. The number of rotatable bonds is 12. The number of carboxylic acid groups (broad SMARTS) is 1. The Kier molecular flexibility index (Phi) is 9.22. The average molecular weight is 493 g/mol. The van der Waals surface area contributed by atoms with Crippen LogP contribution in [0, 0.1) is 21.4 Å². The Bertz CT molecular complexity index is 1140. The monoisotopic (exact) mass is 492 g/mol. The summed E-state index contributed by atoms with van der Waals surface area (Å²) in [7, 11) is 1.58. The van der Waals surface area contributed by atoms with Gasteiger partial charge in [0, 0.05) is 26.4 Å². The van der Waals surface area contributed by atoms with Crippen LogP contribution in [0.5, 0.6) is 17.5 Å². The van der Waals surface area contributed by atoms with Crippen molar-refractivity contribution in [2.45, 2.75) is 30.5 Å². The van der Waals surface area contributed by atoms with Crippen LogP contribution >= 0.6 is 0 Å². The molecule has 1 aromatic carbocycles. The molecule has 0 radical (unpaired) electrons. The van der Waals surface area contributed by atoms with E-state index in [1.165, 1.54) is 18.4 Å². The highest BCUT2D eigenvalue weighted by Gasteiger charge is 2.33. The molecule has 0 aliphatic heterocycles. The first-order valence-corrected chi connectivity index (χ1v) is 11.5. The number of hydrogen-bond acceptors (Lipinski definition) is 11. The van der Waals surface area contributed by atoms with E-state index in [9.17, 15) is 29.5 Å². The third kappa shape index (κ3) is 6.59. The predicted molar refractivity (Wildman–Crippen MR) is 122 cm³/mol. The third-order valence-corrected chi connectivity index (χ3v) is 5.16. The third-order valence-electron chi connectivity index (χ3n) is 4.47. The van der Waals surface area contributed by atoms with E-state index in [1.54, 1.807) is 25.1 Å². The topological polar surface area (TPSA) is 195 Å². The van der Waals surface area contributed by atoms with Gasteiger partial charge in [-0.2, -0.15) is 15.2 Å². The summed E-state index contributed by atoms with van der Waals surface area (Å²) >= 11 is 0. The number of hydrogen-bond donors (Lipinski definition) is 2. The van der Waals surface area contributed by atoms with Crippen molar-refractivity contribution in [3.63, 3.8) is 0 Å². The Labute approximate surface area is 197 Å². The van der Waals surface area contributed by atoms with Crippen molar-refractivity contribution in [3.8, 4) is 23.6 Å². The number of anilines is 1. The van der Waals surface area contributed by atoms with E-state index < -0.39 is 45.2 Å². The molecule has 13 nitrogen and oxygen atoms in total. The van der Waals surface area contributed by atoms with Gasteiger partial charge in [-0.1, -0.05) is 0 Å². The number of nitrogens with zero attached hydrogens (tertiary/aromatic N) is 5. The molecule has 0 fully saturated rings. The second kappa shape index (κ2) is 11.9. The summed E-state index contributed by atoms with van der Waals surface area (Å²) in [5.74, 6) is -2.60. The number of unbranched alkanes of at least 4 members (excludes halogenated alkanes) is 1. The van der Waals surface area contributed by atoms with Crippen molar-refractivity contribution in [1.82, 2.24) is 9.97 Å². The number of nitrogens with two attached hydrogens (primary N) is 1. The lowest BCUT2D eigenvalue weighted by molar-refractivity contribution is -0.387. The molecule has 2 unspecified atom stereocenters. The molecular formula is C20H24N6O7S. The molecule has 0 bridgehead atoms. The number of aliphatic carboxylic acids is 1. The van der Waals surface area contributed by atoms with Crippen molar-refractivity contribution >= 4 is 28.1 Å². The Balaban J connectivity index is 2.64. The van der Waals surface area contributed by atoms with Gasteiger partial charge in [0.1, 0.15) is 0 Å². The summed E-state index contributed by atoms with van der Waals surface area (Å²) in [6.45, 7) is 0.340. The molecule has 0 aliphatic rings. The second-order valence-corrected chi connectivity index (χ2v) is 8.47. The lowest BCUT2D eigenvalue weighted by atomic mass is 10.1. The van der Waals surface area contributed by atoms with Gasteiger partial charge in [0.25, 0.3) is 0 Å². The maximum absolute atomic E-state index is 12.1. The molecular weight excluding hydrogens is 468 g/mol. The highest BCUT2D eigenvalue weighted by Crippen LogP contribution is 2.40. The van der Waals surface area contributed by atoms with Gasteiger partial charge in [0.05, 0.1) is 33.0 Å². The standard InChI is InChI=1S/C20H24N6O7S/c1-25(2)13-8-7-12(11-22)10-15(13)33-18-16(26(29)30)17(23-20(24-18)34(3)31)32-14(19(27)28)6-4-5-9-21/h7-8,10,14H,4-6,9,21H2,1-3H3,(H,27,28). The van der Waals surface area contributed by atoms with Crippen LogP contribution in [0.2, 0.25) is 0 Å². The van der Waals surface area contributed by atoms with Gasteiger partial charge in [-0.15, -0.1) is 0 Å². The largest absolute Gasteiger partial charge is 0.479 e. The van der Waals surface area contributed by atoms with E-state index in [1.807, 2.05) is 6.07 Å². The van der Waals surface area contributed by atoms with Crippen LogP contribution in [0.1, 0.15) is 24.8 Å². The quantitative estimate of drug-likeness (QED) is 0.189. The zero-order valence-electron chi connectivity index (χ0n) is 18.8. The number of nitriles is 1. The molecule has 2 atom stereocenters. The molecule has 2 aromatic rings. The highest BCUT2D eigenvalue weighted by molar-refractivity contribution is 7.84. The fraction of sp³-hybridized carbons (Fsp3) is 0.400. The first-order valence-electron chi connectivity index (χ1n) is 9.97. The fourth-order valence-electron chi connectivity index (χ4n) is 2.81. The summed E-state index contributed by atoms with van der Waals surface area (Å²) in [6, 6.07) is 6.42. The number of carbonyl (C=O) groups is 1. The summed E-state index contributed by atoms with van der Waals surface area (Å²) < 4.78 is 23.2. The molecule has 0 spiro atoms. The number of aromatic nitrogens is 2. The van der Waals surface area contributed by atoms with E-state index in [4.69, 9.17) is 15.2 Å². The molecule has 2 rings (SSSR count). The first kappa shape index (κ1) is 26.4. The zero-order chi connectivity index (χ0) is 25.4. The maximum Gasteiger partial charge on any atom is 0.392 e. The number of ether oxygens (including phenoxy) is 2.